The second-order valence-corrected chi connectivity index (χ2v) is 10.5. The Morgan fingerprint density at radius 2 is 1.75 bits per heavy atom. The zero-order valence-corrected chi connectivity index (χ0v) is 24.1. The van der Waals surface area contributed by atoms with E-state index in [1.54, 1.807) is 14.2 Å². The Morgan fingerprint density at radius 1 is 1.11 bits per heavy atom. The van der Waals surface area contributed by atoms with E-state index in [0.717, 1.165) is 22.8 Å². The van der Waals surface area contributed by atoms with Crippen LogP contribution in [0.1, 0.15) is 72.3 Å². The van der Waals surface area contributed by atoms with Gasteiger partial charge >= 0.3 is 0 Å². The van der Waals surface area contributed by atoms with E-state index < -0.39 is 17.6 Å². The number of aliphatic hydroxyl groups is 1. The second-order valence-electron chi connectivity index (χ2n) is 10.0. The van der Waals surface area contributed by atoms with E-state index in [1.165, 1.54) is 0 Å². The summed E-state index contributed by atoms with van der Waals surface area (Å²) in [7, 11) is 3.30. The summed E-state index contributed by atoms with van der Waals surface area (Å²) in [6.07, 6.45) is 3.39. The van der Waals surface area contributed by atoms with Gasteiger partial charge < -0.3 is 25.1 Å². The highest BCUT2D eigenvalue weighted by atomic mass is 35.5. The second kappa shape index (κ2) is 16.3. The van der Waals surface area contributed by atoms with E-state index in [0.29, 0.717) is 56.3 Å². The number of amides is 1. The first-order valence-corrected chi connectivity index (χ1v) is 13.6. The van der Waals surface area contributed by atoms with Crippen LogP contribution in [0.2, 0.25) is 0 Å². The van der Waals surface area contributed by atoms with Gasteiger partial charge in [-0.15, -0.1) is 0 Å². The highest BCUT2D eigenvalue weighted by molar-refractivity contribution is 6.22. The molecule has 0 saturated heterocycles. The summed E-state index contributed by atoms with van der Waals surface area (Å²) in [4.78, 5) is 13.0. The van der Waals surface area contributed by atoms with Gasteiger partial charge in [-0.25, -0.2) is 0 Å². The molecule has 1 amide bonds. The molecular weight excluding hydrogens is 480 g/mol. The Morgan fingerprint density at radius 3 is 2.28 bits per heavy atom. The van der Waals surface area contributed by atoms with Gasteiger partial charge in [0.15, 0.2) is 11.5 Å². The quantitative estimate of drug-likeness (QED) is 0.201. The average Bonchev–Trinajstić information content (AvgIpc) is 2.87. The molecule has 0 aliphatic heterocycles. The number of carbonyl (C=O) groups excluding carboxylic acids is 1. The molecule has 0 aromatic heterocycles. The van der Waals surface area contributed by atoms with Crippen molar-refractivity contribution in [2.24, 2.45) is 23.0 Å². The van der Waals surface area contributed by atoms with E-state index in [2.05, 4.69) is 13.8 Å². The average molecular weight is 529 g/mol. The molecule has 1 rings (SSSR count). The van der Waals surface area contributed by atoms with Crippen molar-refractivity contribution in [2.75, 3.05) is 34.0 Å². The fourth-order valence-corrected chi connectivity index (χ4v) is 4.91. The van der Waals surface area contributed by atoms with Crippen molar-refractivity contribution in [1.82, 2.24) is 4.42 Å². The molecule has 0 unspecified atom stereocenters. The third kappa shape index (κ3) is 9.40. The number of benzene rings is 1. The topological polar surface area (TPSA) is 94.3 Å². The Balaban J connectivity index is 2.85. The number of halogens is 1. The van der Waals surface area contributed by atoms with E-state index in [4.69, 9.17) is 31.7 Å². The molecule has 1 aromatic carbocycles. The van der Waals surface area contributed by atoms with Crippen LogP contribution in [0.4, 0.5) is 0 Å². The molecule has 3 atom stereocenters. The van der Waals surface area contributed by atoms with Crippen LogP contribution < -0.4 is 15.2 Å². The highest BCUT2D eigenvalue weighted by Gasteiger charge is 2.37. The van der Waals surface area contributed by atoms with Gasteiger partial charge in [0.1, 0.15) is 0 Å². The van der Waals surface area contributed by atoms with Gasteiger partial charge in [0.25, 0.3) is 0 Å². The summed E-state index contributed by atoms with van der Waals surface area (Å²) >= 11 is 6.36. The highest BCUT2D eigenvalue weighted by Crippen LogP contribution is 2.34. The smallest absolute Gasteiger partial charge is 0.243 e. The van der Waals surface area contributed by atoms with Crippen molar-refractivity contribution >= 4 is 17.7 Å². The van der Waals surface area contributed by atoms with Crippen LogP contribution in [0.3, 0.4) is 0 Å². The predicted molar refractivity (Wildman–Crippen MR) is 146 cm³/mol. The van der Waals surface area contributed by atoms with Gasteiger partial charge in [-0.1, -0.05) is 40.7 Å². The number of rotatable bonds is 18. The zero-order chi connectivity index (χ0) is 27.3. The predicted octanol–water partition coefficient (Wildman–Crippen LogP) is 5.20. The molecule has 0 saturated carbocycles. The van der Waals surface area contributed by atoms with Crippen molar-refractivity contribution in [3.8, 4) is 11.5 Å². The van der Waals surface area contributed by atoms with Crippen LogP contribution in [0, 0.1) is 17.3 Å². The number of aliphatic hydroxyl groups excluding tert-OH is 1. The monoisotopic (exact) mass is 528 g/mol. The van der Waals surface area contributed by atoms with Crippen LogP contribution >= 0.6 is 11.8 Å². The maximum atomic E-state index is 13.0. The first-order chi connectivity index (χ1) is 17.1. The zero-order valence-electron chi connectivity index (χ0n) is 23.4. The lowest BCUT2D eigenvalue weighted by Crippen LogP contribution is -2.47. The Kier molecular flexibility index (Phi) is 14.7. The SMILES string of the molecule is CCC(CC)(CC)C(=O)N(Cl)C[C@H](O)[C@@H](N)C[C@H](Cc1ccc(OC)c(OCCCOC)c1)C(C)C. The Bertz CT molecular complexity index is 764. The fourth-order valence-electron chi connectivity index (χ4n) is 4.59. The minimum Gasteiger partial charge on any atom is -0.493 e. The van der Waals surface area contributed by atoms with E-state index in [9.17, 15) is 9.90 Å². The van der Waals surface area contributed by atoms with Crippen LogP contribution in [-0.2, 0) is 16.0 Å². The normalized spacial score (nSPS) is 14.4. The van der Waals surface area contributed by atoms with Gasteiger partial charge in [-0.2, -0.15) is 0 Å². The van der Waals surface area contributed by atoms with E-state index in [-0.39, 0.29) is 18.4 Å². The van der Waals surface area contributed by atoms with Crippen molar-refractivity contribution in [2.45, 2.75) is 85.3 Å². The van der Waals surface area contributed by atoms with Gasteiger partial charge in [-0.05, 0) is 61.6 Å². The van der Waals surface area contributed by atoms with Crippen molar-refractivity contribution in [1.29, 1.82) is 0 Å². The lowest BCUT2D eigenvalue weighted by atomic mass is 9.79. The molecule has 0 bridgehead atoms. The molecule has 0 aliphatic rings. The summed E-state index contributed by atoms with van der Waals surface area (Å²) < 4.78 is 17.6. The maximum absolute atomic E-state index is 13.0. The first-order valence-electron chi connectivity index (χ1n) is 13.3. The molecule has 7 nitrogen and oxygen atoms in total. The molecule has 0 fully saturated rings. The standard InChI is InChI=1S/C28H49ClN2O5/c1-8-28(9-2,10-3)27(33)31(29)19-24(32)23(30)18-22(20(4)5)16-21-12-13-25(35-7)26(17-21)36-15-11-14-34-6/h12-13,17,20,22-24,32H,8-11,14-16,18-19,30H2,1-7H3/t22-,23-,24-/m0/s1. The lowest BCUT2D eigenvalue weighted by Gasteiger charge is -2.34. The van der Waals surface area contributed by atoms with E-state index in [1.807, 2.05) is 39.0 Å². The van der Waals surface area contributed by atoms with Crippen molar-refractivity contribution in [3.05, 3.63) is 23.8 Å². The number of methoxy groups -OCH3 is 2. The minimum absolute atomic E-state index is 0.0100. The number of nitrogens with zero attached hydrogens (tertiary/aromatic N) is 1. The number of hydrogen-bond donors (Lipinski definition) is 2. The summed E-state index contributed by atoms with van der Waals surface area (Å²) in [6, 6.07) is 5.47. The molecule has 1 aromatic rings. The minimum atomic E-state index is -0.911. The number of hydrogen-bond acceptors (Lipinski definition) is 6. The van der Waals surface area contributed by atoms with Gasteiger partial charge in [0.2, 0.25) is 5.91 Å². The van der Waals surface area contributed by atoms with Crippen molar-refractivity contribution < 1.29 is 24.1 Å². The van der Waals surface area contributed by atoms with Crippen LogP contribution in [0.5, 0.6) is 11.5 Å². The molecule has 36 heavy (non-hydrogen) atoms. The van der Waals surface area contributed by atoms with Gasteiger partial charge in [0.05, 0.1) is 26.4 Å². The van der Waals surface area contributed by atoms with Crippen LogP contribution in [0.25, 0.3) is 0 Å². The Hall–Kier alpha value is -1.54. The molecule has 0 spiro atoms. The molecule has 0 heterocycles. The summed E-state index contributed by atoms with van der Waals surface area (Å²) in [5.74, 6) is 1.83. The number of ether oxygens (including phenoxy) is 3. The fraction of sp³-hybridized carbons (Fsp3) is 0.750. The molecular formula is C28H49ClN2O5. The van der Waals surface area contributed by atoms with Crippen LogP contribution in [0.15, 0.2) is 18.2 Å². The third-order valence-electron chi connectivity index (χ3n) is 7.54. The number of nitrogens with two attached hydrogens (primary N) is 1. The summed E-state index contributed by atoms with van der Waals surface area (Å²) in [5.41, 5.74) is 7.05. The van der Waals surface area contributed by atoms with Gasteiger partial charge in [-0.3, -0.25) is 9.21 Å². The summed E-state index contributed by atoms with van der Waals surface area (Å²) in [5, 5.41) is 10.8. The van der Waals surface area contributed by atoms with Crippen molar-refractivity contribution in [3.63, 3.8) is 0 Å². The molecule has 8 heteroatoms. The molecule has 0 radical (unpaired) electrons. The molecule has 0 aliphatic carbocycles. The number of carbonyl (C=O) groups is 1. The molecule has 3 N–H and O–H groups in total. The van der Waals surface area contributed by atoms with E-state index >= 15 is 0 Å². The Labute approximate surface area is 223 Å². The third-order valence-corrected chi connectivity index (χ3v) is 7.83. The van der Waals surface area contributed by atoms with Gasteiger partial charge in [0, 0.05) is 43.4 Å². The lowest BCUT2D eigenvalue weighted by molar-refractivity contribution is -0.139. The molecule has 208 valence electrons. The van der Waals surface area contributed by atoms with Crippen LogP contribution in [-0.4, -0.2) is 61.6 Å². The first kappa shape index (κ1) is 32.5. The largest absolute Gasteiger partial charge is 0.493 e. The maximum Gasteiger partial charge on any atom is 0.243 e. The summed E-state index contributed by atoms with van der Waals surface area (Å²) in [6.45, 7) is 11.5.